The van der Waals surface area contributed by atoms with Gasteiger partial charge in [0.15, 0.2) is 15.7 Å². The number of anilines is 2. The van der Waals surface area contributed by atoms with Crippen molar-refractivity contribution in [3.63, 3.8) is 0 Å². The number of hydrogen-bond acceptors (Lipinski definition) is 8. The molecule has 0 aliphatic carbocycles. The van der Waals surface area contributed by atoms with Crippen molar-refractivity contribution in [3.05, 3.63) is 36.2 Å². The minimum atomic E-state index is -4.73. The van der Waals surface area contributed by atoms with Crippen molar-refractivity contribution in [2.75, 3.05) is 37.1 Å². The molecule has 2 amide bonds. The van der Waals surface area contributed by atoms with Gasteiger partial charge in [-0.15, -0.1) is 0 Å². The molecule has 1 fully saturated rings. The number of hydrogen-bond donors (Lipinski definition) is 1. The van der Waals surface area contributed by atoms with Crippen LogP contribution in [0, 0.1) is 0 Å². The molecule has 0 spiro atoms. The van der Waals surface area contributed by atoms with Gasteiger partial charge in [0.1, 0.15) is 28.4 Å². The fourth-order valence-corrected chi connectivity index (χ4v) is 5.09. The van der Waals surface area contributed by atoms with E-state index in [2.05, 4.69) is 10.1 Å². The van der Waals surface area contributed by atoms with E-state index in [9.17, 15) is 31.2 Å². The second-order valence-corrected chi connectivity index (χ2v) is 12.1. The molecule has 210 valence electrons. The quantitative estimate of drug-likeness (QED) is 0.495. The Morgan fingerprint density at radius 1 is 1.21 bits per heavy atom. The van der Waals surface area contributed by atoms with Crippen LogP contribution in [0.5, 0.6) is 5.75 Å². The Labute approximate surface area is 222 Å². The standard InChI is InChI=1S/C24H27F3N6O5S/c1-13(39(5,36)37)21(34)32-9-8-31(22(35)23(32,2)3)17-10-14(6-7-18(17)38-4)16-11-15(24(25,26)27)19-20(28)29-12-30-33(16)19/h6-7,10-13H,8-9H2,1-5H3,(H2,28,29,30). The summed E-state index contributed by atoms with van der Waals surface area (Å²) in [7, 11) is -2.32. The summed E-state index contributed by atoms with van der Waals surface area (Å²) < 4.78 is 71.9. The van der Waals surface area contributed by atoms with Crippen molar-refractivity contribution in [2.24, 2.45) is 0 Å². The van der Waals surface area contributed by atoms with Crippen molar-refractivity contribution in [2.45, 2.75) is 37.7 Å². The molecular weight excluding hydrogens is 541 g/mol. The zero-order chi connectivity index (χ0) is 29.1. The number of nitrogens with two attached hydrogens (primary N) is 1. The number of alkyl halides is 3. The highest BCUT2D eigenvalue weighted by atomic mass is 32.2. The van der Waals surface area contributed by atoms with Gasteiger partial charge in [0.25, 0.3) is 5.91 Å². The van der Waals surface area contributed by atoms with Crippen LogP contribution in [0.2, 0.25) is 0 Å². The van der Waals surface area contributed by atoms with E-state index in [-0.39, 0.29) is 41.6 Å². The summed E-state index contributed by atoms with van der Waals surface area (Å²) in [5, 5.41) is 2.62. The van der Waals surface area contributed by atoms with Crippen LogP contribution < -0.4 is 15.4 Å². The summed E-state index contributed by atoms with van der Waals surface area (Å²) in [6.45, 7) is 4.27. The van der Waals surface area contributed by atoms with Crippen LogP contribution in [0.3, 0.4) is 0 Å². The second-order valence-electron chi connectivity index (χ2n) is 9.71. The van der Waals surface area contributed by atoms with Gasteiger partial charge in [-0.1, -0.05) is 0 Å². The van der Waals surface area contributed by atoms with E-state index in [4.69, 9.17) is 10.5 Å². The number of rotatable bonds is 5. The number of sulfone groups is 1. The molecule has 11 nitrogen and oxygen atoms in total. The van der Waals surface area contributed by atoms with E-state index in [1.54, 1.807) is 0 Å². The lowest BCUT2D eigenvalue weighted by Crippen LogP contribution is -2.66. The van der Waals surface area contributed by atoms with Crippen molar-refractivity contribution in [1.29, 1.82) is 0 Å². The predicted molar refractivity (Wildman–Crippen MR) is 137 cm³/mol. The molecule has 1 aliphatic heterocycles. The lowest BCUT2D eigenvalue weighted by Gasteiger charge is -2.46. The third-order valence-electron chi connectivity index (χ3n) is 6.90. The predicted octanol–water partition coefficient (Wildman–Crippen LogP) is 2.39. The largest absolute Gasteiger partial charge is 0.495 e. The van der Waals surface area contributed by atoms with Crippen molar-refractivity contribution in [3.8, 4) is 17.0 Å². The maximum Gasteiger partial charge on any atom is 0.418 e. The average Bonchev–Trinajstić information content (AvgIpc) is 3.25. The number of aromatic nitrogens is 3. The summed E-state index contributed by atoms with van der Waals surface area (Å²) in [5.74, 6) is -1.31. The highest BCUT2D eigenvalue weighted by molar-refractivity contribution is 7.92. The van der Waals surface area contributed by atoms with Gasteiger partial charge in [0.05, 0.1) is 24.1 Å². The summed E-state index contributed by atoms with van der Waals surface area (Å²) in [6, 6.07) is 5.42. The summed E-state index contributed by atoms with van der Waals surface area (Å²) in [5.41, 5.74) is 3.50. The zero-order valence-corrected chi connectivity index (χ0v) is 22.6. The summed E-state index contributed by atoms with van der Waals surface area (Å²) >= 11 is 0. The minimum Gasteiger partial charge on any atom is -0.495 e. The topological polar surface area (TPSA) is 140 Å². The van der Waals surface area contributed by atoms with Crippen LogP contribution in [-0.2, 0) is 25.6 Å². The first-order valence-electron chi connectivity index (χ1n) is 11.7. The number of fused-ring (bicyclic) bond motifs is 1. The van der Waals surface area contributed by atoms with Crippen LogP contribution in [0.25, 0.3) is 16.8 Å². The molecule has 0 bridgehead atoms. The maximum absolute atomic E-state index is 13.8. The number of methoxy groups -OCH3 is 1. The Morgan fingerprint density at radius 2 is 1.87 bits per heavy atom. The number of nitrogen functional groups attached to an aromatic ring is 1. The van der Waals surface area contributed by atoms with E-state index in [0.29, 0.717) is 0 Å². The molecule has 2 aromatic heterocycles. The number of benzene rings is 1. The molecule has 0 saturated carbocycles. The maximum atomic E-state index is 13.8. The smallest absolute Gasteiger partial charge is 0.418 e. The Kier molecular flexibility index (Phi) is 6.78. The molecule has 1 aromatic carbocycles. The van der Waals surface area contributed by atoms with E-state index >= 15 is 0 Å². The van der Waals surface area contributed by atoms with E-state index in [1.165, 1.54) is 55.9 Å². The van der Waals surface area contributed by atoms with Crippen molar-refractivity contribution >= 4 is 38.7 Å². The highest BCUT2D eigenvalue weighted by Gasteiger charge is 2.47. The first kappa shape index (κ1) is 28.1. The van der Waals surface area contributed by atoms with Gasteiger partial charge < -0.3 is 20.3 Å². The van der Waals surface area contributed by atoms with Crippen LogP contribution in [0.4, 0.5) is 24.7 Å². The third kappa shape index (κ3) is 4.75. The molecule has 1 atom stereocenters. The van der Waals surface area contributed by atoms with Crippen LogP contribution >= 0.6 is 0 Å². The van der Waals surface area contributed by atoms with Crippen LogP contribution in [0.15, 0.2) is 30.6 Å². The Hall–Kier alpha value is -3.88. The number of piperazine rings is 1. The highest BCUT2D eigenvalue weighted by Crippen LogP contribution is 2.41. The molecule has 39 heavy (non-hydrogen) atoms. The molecule has 1 saturated heterocycles. The first-order valence-corrected chi connectivity index (χ1v) is 13.7. The molecule has 1 unspecified atom stereocenters. The van der Waals surface area contributed by atoms with Gasteiger partial charge in [0.2, 0.25) is 5.91 Å². The van der Waals surface area contributed by atoms with Crippen molar-refractivity contribution < 1.29 is 35.9 Å². The summed E-state index contributed by atoms with van der Waals surface area (Å²) in [4.78, 5) is 32.9. The Morgan fingerprint density at radius 3 is 2.46 bits per heavy atom. The minimum absolute atomic E-state index is 0.0118. The molecule has 1 aliphatic rings. The van der Waals surface area contributed by atoms with Gasteiger partial charge in [-0.3, -0.25) is 9.59 Å². The number of halogens is 3. The molecule has 15 heteroatoms. The first-order chi connectivity index (χ1) is 18.0. The molecule has 3 aromatic rings. The van der Waals surface area contributed by atoms with E-state index in [0.717, 1.165) is 23.2 Å². The van der Waals surface area contributed by atoms with Gasteiger partial charge in [0, 0.05) is 24.9 Å². The van der Waals surface area contributed by atoms with Crippen LogP contribution in [-0.4, -0.2) is 77.0 Å². The lowest BCUT2D eigenvalue weighted by atomic mass is 9.95. The monoisotopic (exact) mass is 568 g/mol. The molecule has 2 N–H and O–H groups in total. The number of ether oxygens (including phenoxy) is 1. The van der Waals surface area contributed by atoms with Gasteiger partial charge >= 0.3 is 6.18 Å². The Balaban J connectivity index is 1.80. The second kappa shape index (κ2) is 9.39. The fraction of sp³-hybridized carbons (Fsp3) is 0.417. The zero-order valence-electron chi connectivity index (χ0n) is 21.8. The normalized spacial score (nSPS) is 17.0. The van der Waals surface area contributed by atoms with E-state index < -0.39 is 49.7 Å². The van der Waals surface area contributed by atoms with Crippen LogP contribution in [0.1, 0.15) is 26.3 Å². The van der Waals surface area contributed by atoms with Gasteiger partial charge in [-0.05, 0) is 45.0 Å². The Bertz CT molecular complexity index is 1580. The fourth-order valence-electron chi connectivity index (χ4n) is 4.59. The van der Waals surface area contributed by atoms with Gasteiger partial charge in [-0.25, -0.2) is 17.9 Å². The molecule has 3 heterocycles. The number of carbonyl (C=O) groups is 2. The average molecular weight is 569 g/mol. The van der Waals surface area contributed by atoms with Gasteiger partial charge in [-0.2, -0.15) is 18.3 Å². The molecular formula is C24H27F3N6O5S. The molecule has 4 rings (SSSR count). The lowest BCUT2D eigenvalue weighted by molar-refractivity contribution is -0.146. The summed E-state index contributed by atoms with van der Waals surface area (Å²) in [6.07, 6.45) is -2.75. The number of amides is 2. The number of nitrogens with zero attached hydrogens (tertiary/aromatic N) is 5. The number of carbonyl (C=O) groups excluding carboxylic acids is 2. The third-order valence-corrected chi connectivity index (χ3v) is 8.39. The molecule has 0 radical (unpaired) electrons. The SMILES string of the molecule is COc1ccc(-c2cc(C(F)(F)F)c3c(N)ncnn23)cc1N1CCN(C(=O)C(C)S(C)(=O)=O)C(C)(C)C1=O. The van der Waals surface area contributed by atoms with Crippen molar-refractivity contribution in [1.82, 2.24) is 19.5 Å². The van der Waals surface area contributed by atoms with E-state index in [1.807, 2.05) is 0 Å².